The van der Waals surface area contributed by atoms with E-state index in [2.05, 4.69) is 0 Å². The van der Waals surface area contributed by atoms with E-state index in [4.69, 9.17) is 9.47 Å². The molecule has 9 nitrogen and oxygen atoms in total. The molecule has 0 bridgehead atoms. The molecule has 211 valence electrons. The van der Waals surface area contributed by atoms with E-state index >= 15 is 0 Å². The van der Waals surface area contributed by atoms with Gasteiger partial charge in [-0.15, -0.1) is 0 Å². The first-order valence-corrected chi connectivity index (χ1v) is 14.4. The monoisotopic (exact) mass is 610 g/mol. The molecule has 0 atom stereocenters. The van der Waals surface area contributed by atoms with Crippen molar-refractivity contribution in [2.45, 2.75) is 26.3 Å². The molecule has 42 heavy (non-hydrogen) atoms. The number of carbonyl (C=O) groups is 2. The van der Waals surface area contributed by atoms with Crippen molar-refractivity contribution < 1.29 is 27.5 Å². The molecule has 4 aromatic rings. The molecule has 0 aliphatic carbocycles. The summed E-state index contributed by atoms with van der Waals surface area (Å²) in [4.78, 5) is 26.8. The fourth-order valence-electron chi connectivity index (χ4n) is 4.39. The number of nitrogens with one attached hydrogen (secondary N) is 1. The van der Waals surface area contributed by atoms with E-state index < -0.39 is 22.2 Å². The molecule has 0 spiro atoms. The van der Waals surface area contributed by atoms with Gasteiger partial charge in [-0.05, 0) is 34.4 Å². The van der Waals surface area contributed by atoms with Crippen LogP contribution in [0.25, 0.3) is 0 Å². The fourth-order valence-corrected chi connectivity index (χ4v) is 5.55. The summed E-state index contributed by atoms with van der Waals surface area (Å²) in [6.07, 6.45) is -0.519. The summed E-state index contributed by atoms with van der Waals surface area (Å²) in [5.74, 6) is -0.349. The van der Waals surface area contributed by atoms with Gasteiger partial charge < -0.3 is 9.47 Å². The third kappa shape index (κ3) is 8.43. The van der Waals surface area contributed by atoms with Gasteiger partial charge in [0.1, 0.15) is 25.5 Å². The average Bonchev–Trinajstić information content (AvgIpc) is 3.27. The van der Waals surface area contributed by atoms with Crippen LogP contribution in [0.3, 0.4) is 0 Å². The van der Waals surface area contributed by atoms with Gasteiger partial charge in [0.25, 0.3) is 5.91 Å². The molecule has 1 radical (unpaired) electrons. The van der Waals surface area contributed by atoms with Crippen LogP contribution in [-0.4, -0.2) is 83.2 Å². The molecule has 11 heteroatoms. The maximum atomic E-state index is 13.3. The Kier molecular flexibility index (Phi) is 11.2. The van der Waals surface area contributed by atoms with Crippen LogP contribution in [0.2, 0.25) is 0 Å². The molecule has 1 N–H and O–H groups in total. The second-order valence-electron chi connectivity index (χ2n) is 9.50. The van der Waals surface area contributed by atoms with Crippen LogP contribution < -0.4 is 13.8 Å². The number of nitrogens with zero attached hydrogens (tertiary/aromatic N) is 2. The van der Waals surface area contributed by atoms with Crippen molar-refractivity contribution in [2.24, 2.45) is 0 Å². The minimum atomic E-state index is -4.10. The predicted molar refractivity (Wildman–Crippen MR) is 160 cm³/mol. The Morgan fingerprint density at radius 3 is 1.88 bits per heavy atom. The first-order chi connectivity index (χ1) is 19.9. The quantitative estimate of drug-likeness (QED) is 0.267. The first kappa shape index (κ1) is 31.7. The Balaban J connectivity index is 0.00000405. The largest absolute Gasteiger partial charge is 0.487 e. The van der Waals surface area contributed by atoms with Crippen molar-refractivity contribution in [3.63, 3.8) is 0 Å². The zero-order valence-corrected chi connectivity index (χ0v) is 27.1. The maximum absolute atomic E-state index is 13.3. The third-order valence-corrected chi connectivity index (χ3v) is 7.79. The van der Waals surface area contributed by atoms with Crippen molar-refractivity contribution in [2.75, 3.05) is 10.8 Å². The van der Waals surface area contributed by atoms with E-state index in [0.29, 0.717) is 11.3 Å². The number of carbonyl (C=O) groups excluding carboxylic acids is 2. The second kappa shape index (κ2) is 14.8. The van der Waals surface area contributed by atoms with Gasteiger partial charge in [0.2, 0.25) is 0 Å². The van der Waals surface area contributed by atoms with Crippen molar-refractivity contribution in [3.05, 3.63) is 131 Å². The smallest absolute Gasteiger partial charge is 0.410 e. The van der Waals surface area contributed by atoms with Crippen LogP contribution in [-0.2, 0) is 46.0 Å². The molecule has 1 heterocycles. The van der Waals surface area contributed by atoms with Crippen molar-refractivity contribution in [1.82, 2.24) is 9.62 Å². The summed E-state index contributed by atoms with van der Waals surface area (Å²) in [6, 6.07) is 33.4. The van der Waals surface area contributed by atoms with Gasteiger partial charge in [-0.1, -0.05) is 97.1 Å². The third-order valence-electron chi connectivity index (χ3n) is 6.40. The first-order valence-electron chi connectivity index (χ1n) is 13.0. The SMILES string of the molecule is O=C1CN(c2cc(CN(Cc3ccccc3)C(=O)OCc3ccccc3)ccc2OCc2ccccc2)S(=O)(=O)N1.[K]. The van der Waals surface area contributed by atoms with Gasteiger partial charge in [-0.2, -0.15) is 8.42 Å². The Hall–Kier alpha value is -3.19. The van der Waals surface area contributed by atoms with Crippen LogP contribution in [0.1, 0.15) is 22.3 Å². The summed E-state index contributed by atoms with van der Waals surface area (Å²) < 4.78 is 40.1. The van der Waals surface area contributed by atoms with Crippen LogP contribution in [0.5, 0.6) is 5.75 Å². The van der Waals surface area contributed by atoms with Gasteiger partial charge in [0.15, 0.2) is 0 Å². The summed E-state index contributed by atoms with van der Waals surface area (Å²) >= 11 is 0. The maximum Gasteiger partial charge on any atom is 0.410 e. The van der Waals surface area contributed by atoms with Gasteiger partial charge in [-0.25, -0.2) is 13.8 Å². The minimum Gasteiger partial charge on any atom is -0.487 e. The molecule has 5 rings (SSSR count). The van der Waals surface area contributed by atoms with Gasteiger partial charge in [0.05, 0.1) is 5.69 Å². The standard InChI is InChI=1S/C31H29N3O6S.K/c35-30-21-34(41(37,38)32-30)28-18-27(16-17-29(28)39-22-25-12-6-2-7-13-25)20-33(19-24-10-4-1-5-11-24)31(36)40-23-26-14-8-3-9-15-26;/h1-18H,19-23H2,(H,32,35);. The fraction of sp³-hybridized carbons (Fsp3) is 0.161. The Labute approximate surface area is 288 Å². The van der Waals surface area contributed by atoms with Gasteiger partial charge in [-0.3, -0.25) is 9.69 Å². The van der Waals surface area contributed by atoms with Crippen LogP contribution in [0.4, 0.5) is 10.5 Å². The van der Waals surface area contributed by atoms with E-state index in [-0.39, 0.29) is 89.9 Å². The van der Waals surface area contributed by atoms with Crippen LogP contribution in [0, 0.1) is 0 Å². The van der Waals surface area contributed by atoms with Crippen LogP contribution in [0.15, 0.2) is 109 Å². The van der Waals surface area contributed by atoms with E-state index in [1.54, 1.807) is 23.1 Å². The number of rotatable bonds is 10. The van der Waals surface area contributed by atoms with E-state index in [1.165, 1.54) is 0 Å². The zero-order valence-electron chi connectivity index (χ0n) is 23.2. The number of anilines is 1. The Morgan fingerprint density at radius 1 is 0.762 bits per heavy atom. The normalized spacial score (nSPS) is 13.5. The molecule has 2 amide bonds. The molecular weight excluding hydrogens is 582 g/mol. The summed E-state index contributed by atoms with van der Waals surface area (Å²) in [5, 5.41) is 0. The molecule has 1 fully saturated rings. The summed E-state index contributed by atoms with van der Waals surface area (Å²) in [6.45, 7) is 0.346. The molecule has 0 unspecified atom stereocenters. The number of ether oxygens (including phenoxy) is 2. The van der Waals surface area contributed by atoms with Gasteiger partial charge in [0, 0.05) is 64.5 Å². The topological polar surface area (TPSA) is 105 Å². The van der Waals surface area contributed by atoms with E-state index in [9.17, 15) is 18.0 Å². The van der Waals surface area contributed by atoms with Gasteiger partial charge >= 0.3 is 16.3 Å². The van der Waals surface area contributed by atoms with Crippen LogP contribution >= 0.6 is 0 Å². The number of hydrogen-bond acceptors (Lipinski definition) is 6. The average molecular weight is 611 g/mol. The molecule has 1 saturated heterocycles. The number of hydrogen-bond donors (Lipinski definition) is 1. The summed E-state index contributed by atoms with van der Waals surface area (Å²) in [7, 11) is -4.10. The Morgan fingerprint density at radius 2 is 1.31 bits per heavy atom. The molecule has 1 aliphatic heterocycles. The molecule has 0 saturated carbocycles. The number of amides is 2. The van der Waals surface area contributed by atoms with Crippen molar-refractivity contribution in [3.8, 4) is 5.75 Å². The summed E-state index contributed by atoms with van der Waals surface area (Å²) in [5.41, 5.74) is 3.50. The van der Waals surface area contributed by atoms with Crippen molar-refractivity contribution in [1.29, 1.82) is 0 Å². The Bertz CT molecular complexity index is 1610. The second-order valence-corrected chi connectivity index (χ2v) is 11.1. The van der Waals surface area contributed by atoms with E-state index in [1.807, 2.05) is 95.7 Å². The number of benzene rings is 4. The minimum absolute atomic E-state index is 0. The van der Waals surface area contributed by atoms with Crippen molar-refractivity contribution >= 4 is 79.3 Å². The molecule has 4 aromatic carbocycles. The molecule has 1 aliphatic rings. The zero-order chi connectivity index (χ0) is 28.7. The predicted octanol–water partition coefficient (Wildman–Crippen LogP) is 4.40. The van der Waals surface area contributed by atoms with E-state index in [0.717, 1.165) is 21.0 Å². The molecule has 0 aromatic heterocycles. The molecular formula is C31H29KN3O6S.